The summed E-state index contributed by atoms with van der Waals surface area (Å²) in [5.74, 6) is -0.951. The van der Waals surface area contributed by atoms with Crippen LogP contribution in [0, 0.1) is 39.7 Å². The topological polar surface area (TPSA) is 113 Å². The molecule has 2 aliphatic heterocycles. The number of nitro benzene ring substituents is 1. The van der Waals surface area contributed by atoms with Gasteiger partial charge < -0.3 is 4.98 Å². The summed E-state index contributed by atoms with van der Waals surface area (Å²) >= 11 is 2.91. The second-order valence-corrected chi connectivity index (χ2v) is 11.9. The van der Waals surface area contributed by atoms with Gasteiger partial charge in [0, 0.05) is 28.2 Å². The highest BCUT2D eigenvalue weighted by atomic mass is 32.2. The number of H-pyrrole nitrogens is 1. The van der Waals surface area contributed by atoms with Gasteiger partial charge in [-0.15, -0.1) is 11.8 Å². The number of nitro groups is 1. The van der Waals surface area contributed by atoms with E-state index >= 15 is 0 Å². The Morgan fingerprint density at radius 1 is 0.943 bits per heavy atom. The van der Waals surface area contributed by atoms with E-state index in [0.717, 1.165) is 21.9 Å². The Kier molecular flexibility index (Phi) is 4.44. The molecule has 3 heterocycles. The number of carbonyl (C=O) groups excluding carboxylic acids is 2. The van der Waals surface area contributed by atoms with Crippen molar-refractivity contribution in [2.75, 3.05) is 4.90 Å². The van der Waals surface area contributed by atoms with Gasteiger partial charge in [-0.1, -0.05) is 41.7 Å². The Balaban J connectivity index is 1.29. The maximum atomic E-state index is 13.7. The molecular formula is C25H19N3O5S2. The summed E-state index contributed by atoms with van der Waals surface area (Å²) in [6.07, 6.45) is 0.825. The first-order valence-corrected chi connectivity index (χ1v) is 13.2. The number of amides is 2. The van der Waals surface area contributed by atoms with E-state index in [9.17, 15) is 24.5 Å². The molecule has 2 saturated carbocycles. The van der Waals surface area contributed by atoms with E-state index in [1.807, 2.05) is 18.2 Å². The van der Waals surface area contributed by atoms with Crippen molar-refractivity contribution in [3.63, 3.8) is 0 Å². The van der Waals surface area contributed by atoms with Gasteiger partial charge in [-0.3, -0.25) is 29.4 Å². The molecule has 2 aliphatic carbocycles. The molecule has 176 valence electrons. The summed E-state index contributed by atoms with van der Waals surface area (Å²) in [4.78, 5) is 55.3. The third-order valence-corrected chi connectivity index (χ3v) is 10.8. The van der Waals surface area contributed by atoms with Crippen LogP contribution >= 0.6 is 23.1 Å². The van der Waals surface area contributed by atoms with Gasteiger partial charge in [0.1, 0.15) is 0 Å². The number of hydrogen-bond acceptors (Lipinski definition) is 7. The van der Waals surface area contributed by atoms with Gasteiger partial charge in [0.2, 0.25) is 11.8 Å². The van der Waals surface area contributed by atoms with E-state index in [0.29, 0.717) is 5.69 Å². The van der Waals surface area contributed by atoms with Crippen LogP contribution in [0.3, 0.4) is 0 Å². The van der Waals surface area contributed by atoms with Crippen molar-refractivity contribution in [2.24, 2.45) is 29.6 Å². The molecule has 0 spiro atoms. The van der Waals surface area contributed by atoms with Crippen molar-refractivity contribution < 1.29 is 14.5 Å². The number of nitrogens with one attached hydrogen (secondary N) is 1. The fourth-order valence-corrected chi connectivity index (χ4v) is 9.92. The zero-order valence-electron chi connectivity index (χ0n) is 18.2. The van der Waals surface area contributed by atoms with Gasteiger partial charge in [-0.05, 0) is 41.9 Å². The maximum absolute atomic E-state index is 13.7. The minimum atomic E-state index is -0.499. The van der Waals surface area contributed by atoms with Crippen LogP contribution in [0.15, 0.2) is 64.4 Å². The molecule has 35 heavy (non-hydrogen) atoms. The Hall–Kier alpha value is -3.24. The molecule has 7 rings (SSSR count). The lowest BCUT2D eigenvalue weighted by molar-refractivity contribution is -0.384. The molecular weight excluding hydrogens is 486 g/mol. The molecule has 10 heteroatoms. The SMILES string of the molecule is O=C1C2C(C(=O)N1c1ccc([N+](=O)[O-])cc1)[C@@H]1C[C@H]2C2Sc3[nH]c(=O)sc3C(c3ccccc3)C21. The number of nitrogens with zero attached hydrogens (tertiary/aromatic N) is 2. The quantitative estimate of drug-likeness (QED) is 0.327. The third kappa shape index (κ3) is 2.83. The number of rotatable bonds is 3. The van der Waals surface area contributed by atoms with Gasteiger partial charge in [0.25, 0.3) is 5.69 Å². The highest BCUT2D eigenvalue weighted by Gasteiger charge is 2.69. The van der Waals surface area contributed by atoms with Crippen LogP contribution < -0.4 is 9.77 Å². The molecule has 8 nitrogen and oxygen atoms in total. The van der Waals surface area contributed by atoms with Gasteiger partial charge >= 0.3 is 4.87 Å². The zero-order valence-corrected chi connectivity index (χ0v) is 19.8. The van der Waals surface area contributed by atoms with E-state index in [4.69, 9.17) is 0 Å². The fourth-order valence-electron chi connectivity index (χ4n) is 7.03. The number of carbonyl (C=O) groups is 2. The van der Waals surface area contributed by atoms with Crippen molar-refractivity contribution >= 4 is 46.3 Å². The maximum Gasteiger partial charge on any atom is 0.305 e. The van der Waals surface area contributed by atoms with E-state index in [2.05, 4.69) is 17.1 Å². The highest BCUT2D eigenvalue weighted by molar-refractivity contribution is 8.00. The van der Waals surface area contributed by atoms with Crippen LogP contribution in [0.5, 0.6) is 0 Å². The summed E-state index contributed by atoms with van der Waals surface area (Å²) in [7, 11) is 0. The highest BCUT2D eigenvalue weighted by Crippen LogP contribution is 2.68. The minimum absolute atomic E-state index is 0.00803. The number of hydrogen-bond donors (Lipinski definition) is 1. The minimum Gasteiger partial charge on any atom is -0.307 e. The predicted octanol–water partition coefficient (Wildman–Crippen LogP) is 4.02. The lowest BCUT2D eigenvalue weighted by Crippen LogP contribution is -2.42. The molecule has 1 N–H and O–H groups in total. The van der Waals surface area contributed by atoms with Gasteiger partial charge in [-0.2, -0.15) is 0 Å². The molecule has 2 bridgehead atoms. The zero-order chi connectivity index (χ0) is 24.0. The van der Waals surface area contributed by atoms with E-state index in [-0.39, 0.29) is 57.2 Å². The van der Waals surface area contributed by atoms with Gasteiger partial charge in [-0.25, -0.2) is 0 Å². The Labute approximate surface area is 207 Å². The molecule has 2 aromatic carbocycles. The molecule has 0 radical (unpaired) electrons. The molecule has 2 amide bonds. The Morgan fingerprint density at radius 2 is 1.63 bits per heavy atom. The first kappa shape index (κ1) is 21.1. The normalized spacial score (nSPS) is 32.5. The number of aromatic amines is 1. The summed E-state index contributed by atoms with van der Waals surface area (Å²) in [6.45, 7) is 0. The summed E-state index contributed by atoms with van der Waals surface area (Å²) in [5, 5.41) is 12.1. The van der Waals surface area contributed by atoms with E-state index in [1.54, 1.807) is 11.8 Å². The van der Waals surface area contributed by atoms with Gasteiger partial charge in [0.15, 0.2) is 0 Å². The average molecular weight is 506 g/mol. The largest absolute Gasteiger partial charge is 0.307 e. The average Bonchev–Trinajstić information content (AvgIpc) is 3.58. The van der Waals surface area contributed by atoms with Crippen molar-refractivity contribution in [2.45, 2.75) is 22.6 Å². The van der Waals surface area contributed by atoms with Crippen molar-refractivity contribution in [3.05, 3.63) is 84.8 Å². The summed E-state index contributed by atoms with van der Waals surface area (Å²) < 4.78 is 0. The third-order valence-electron chi connectivity index (χ3n) is 8.20. The first-order valence-electron chi connectivity index (χ1n) is 11.5. The number of fused-ring (bicyclic) bond motifs is 9. The van der Waals surface area contributed by atoms with E-state index in [1.165, 1.54) is 40.5 Å². The summed E-state index contributed by atoms with van der Waals surface area (Å²) in [6, 6.07) is 15.7. The predicted molar refractivity (Wildman–Crippen MR) is 131 cm³/mol. The monoisotopic (exact) mass is 505 g/mol. The van der Waals surface area contributed by atoms with Crippen LogP contribution in [0.2, 0.25) is 0 Å². The molecule has 3 aromatic rings. The van der Waals surface area contributed by atoms with Crippen molar-refractivity contribution in [1.82, 2.24) is 4.98 Å². The molecule has 3 fully saturated rings. The van der Waals surface area contributed by atoms with Crippen molar-refractivity contribution in [1.29, 1.82) is 0 Å². The van der Waals surface area contributed by atoms with Gasteiger partial charge in [0.05, 0.1) is 27.5 Å². The number of benzene rings is 2. The Bertz CT molecular complexity index is 1450. The van der Waals surface area contributed by atoms with Crippen LogP contribution in [0.4, 0.5) is 11.4 Å². The lowest BCUT2D eigenvalue weighted by Gasteiger charge is -2.43. The smallest absolute Gasteiger partial charge is 0.305 e. The lowest BCUT2D eigenvalue weighted by atomic mass is 9.68. The number of imide groups is 1. The van der Waals surface area contributed by atoms with Crippen LogP contribution in [-0.4, -0.2) is 27.0 Å². The molecule has 5 unspecified atom stereocenters. The molecule has 4 aliphatic rings. The second-order valence-electron chi connectivity index (χ2n) is 9.66. The molecule has 1 saturated heterocycles. The first-order chi connectivity index (χ1) is 16.9. The van der Waals surface area contributed by atoms with E-state index < -0.39 is 10.8 Å². The second kappa shape index (κ2) is 7.38. The Morgan fingerprint density at radius 3 is 2.31 bits per heavy atom. The fraction of sp³-hybridized carbons (Fsp3) is 0.320. The number of thiazole rings is 1. The number of non-ortho nitro benzene ring substituents is 1. The summed E-state index contributed by atoms with van der Waals surface area (Å²) in [5.41, 5.74) is 1.44. The number of aromatic nitrogens is 1. The standard InChI is InChI=1S/C25H19N3O5S2/c29-23-18-14-10-15(19(18)24(30)27(23)12-6-8-13(9-7-12)28(32)33)20-17(14)16(11-4-2-1-3-5-11)21-22(34-20)26-25(31)35-21/h1-9,14-20H,10H2,(H,26,31)/t14-,15-,16?,17?,18?,19?,20?/m1/s1. The van der Waals surface area contributed by atoms with Crippen LogP contribution in [0.1, 0.15) is 22.8 Å². The number of thioether (sulfide) groups is 1. The molecule has 7 atom stereocenters. The van der Waals surface area contributed by atoms with Crippen LogP contribution in [-0.2, 0) is 9.59 Å². The number of anilines is 1. The van der Waals surface area contributed by atoms with Crippen molar-refractivity contribution in [3.8, 4) is 0 Å². The van der Waals surface area contributed by atoms with Crippen LogP contribution in [0.25, 0.3) is 0 Å². The molecule has 1 aromatic heterocycles.